The Morgan fingerprint density at radius 1 is 1.47 bits per heavy atom. The summed E-state index contributed by atoms with van der Waals surface area (Å²) in [4.78, 5) is 21.7. The summed E-state index contributed by atoms with van der Waals surface area (Å²) in [6, 6.07) is -0.524. The molecule has 0 amide bonds. The van der Waals surface area contributed by atoms with Crippen molar-refractivity contribution in [1.82, 2.24) is 5.32 Å². The minimum absolute atomic E-state index is 0.0499. The van der Waals surface area contributed by atoms with Gasteiger partial charge in [-0.2, -0.15) is 0 Å². The zero-order valence-electron chi connectivity index (χ0n) is 9.59. The van der Waals surface area contributed by atoms with Gasteiger partial charge in [-0.1, -0.05) is 0 Å². The second-order valence-corrected chi connectivity index (χ2v) is 3.58. The van der Waals surface area contributed by atoms with Crippen LogP contribution in [-0.2, 0) is 19.0 Å². The number of hydrogen-bond donors (Lipinski definition) is 3. The number of hydrogen-bond acceptors (Lipinski definition) is 6. The van der Waals surface area contributed by atoms with Crippen LogP contribution in [-0.4, -0.2) is 55.0 Å². The van der Waals surface area contributed by atoms with Gasteiger partial charge in [0.15, 0.2) is 0 Å². The van der Waals surface area contributed by atoms with Gasteiger partial charge in [-0.25, -0.2) is 0 Å². The number of aliphatic hydroxyl groups excluding tert-OH is 1. The number of carboxylic acid groups (broad SMARTS) is 1. The number of carboxylic acids is 1. The van der Waals surface area contributed by atoms with Gasteiger partial charge in [0, 0.05) is 0 Å². The quantitative estimate of drug-likeness (QED) is 0.338. The van der Waals surface area contributed by atoms with E-state index in [0.717, 1.165) is 0 Å². The van der Waals surface area contributed by atoms with Crippen molar-refractivity contribution in [3.8, 4) is 0 Å². The van der Waals surface area contributed by atoms with Crippen molar-refractivity contribution in [3.05, 3.63) is 0 Å². The molecule has 0 saturated carbocycles. The SMILES string of the molecule is CC(CC(=O)OCC(CO)NCB=O)C(=O)O. The van der Waals surface area contributed by atoms with Crippen molar-refractivity contribution in [1.29, 1.82) is 0 Å². The molecule has 0 fully saturated rings. The second kappa shape index (κ2) is 8.83. The fourth-order valence-electron chi connectivity index (χ4n) is 0.981. The Morgan fingerprint density at radius 2 is 2.12 bits per heavy atom. The third kappa shape index (κ3) is 7.59. The number of aliphatic carboxylic acids is 1. The molecule has 0 spiro atoms. The number of esters is 1. The number of carbonyl (C=O) groups is 2. The predicted molar refractivity (Wildman–Crippen MR) is 57.7 cm³/mol. The Bertz CT molecular complexity index is 272. The molecule has 0 rings (SSSR count). The summed E-state index contributed by atoms with van der Waals surface area (Å²) in [5.41, 5.74) is 0. The summed E-state index contributed by atoms with van der Waals surface area (Å²) in [5.74, 6) is -2.52. The standard InChI is InChI=1S/C9H16BNO6/c1-6(9(14)15)2-8(13)17-4-7(3-12)11-5-10-16/h6-7,11-12H,2-5H2,1H3,(H,14,15). The van der Waals surface area contributed by atoms with E-state index in [9.17, 15) is 14.3 Å². The van der Waals surface area contributed by atoms with Gasteiger partial charge in [-0.3, -0.25) is 0 Å². The molecule has 2 unspecified atom stereocenters. The van der Waals surface area contributed by atoms with Crippen LogP contribution in [0.15, 0.2) is 0 Å². The third-order valence-corrected chi connectivity index (χ3v) is 2.05. The predicted octanol–water partition coefficient (Wildman–Crippen LogP) is -1.40. The Morgan fingerprint density at radius 3 is 2.59 bits per heavy atom. The molecule has 2 atom stereocenters. The third-order valence-electron chi connectivity index (χ3n) is 2.05. The molecule has 0 bridgehead atoms. The fraction of sp³-hybridized carbons (Fsp3) is 0.778. The summed E-state index contributed by atoms with van der Waals surface area (Å²) in [6.07, 6.45) is -0.171. The van der Waals surface area contributed by atoms with Crippen LogP contribution in [0.5, 0.6) is 0 Å². The molecule has 17 heavy (non-hydrogen) atoms. The monoisotopic (exact) mass is 245 g/mol. The molecule has 0 aliphatic carbocycles. The van der Waals surface area contributed by atoms with Crippen LogP contribution in [0.4, 0.5) is 0 Å². The van der Waals surface area contributed by atoms with Gasteiger partial charge >= 0.3 is 98.6 Å². The molecule has 0 aromatic rings. The molecule has 7 nitrogen and oxygen atoms in total. The van der Waals surface area contributed by atoms with Crippen molar-refractivity contribution < 1.29 is 29.2 Å². The van der Waals surface area contributed by atoms with Crippen molar-refractivity contribution in [2.45, 2.75) is 19.4 Å². The first-order valence-corrected chi connectivity index (χ1v) is 5.17. The normalized spacial score (nSPS) is 13.5. The number of ether oxygens (including phenoxy) is 1. The fourth-order valence-corrected chi connectivity index (χ4v) is 0.981. The molecule has 0 aromatic heterocycles. The maximum atomic E-state index is 11.2. The molecule has 8 heteroatoms. The number of carbonyl (C=O) groups excluding carboxylic acids is 1. The molecule has 3 N–H and O–H groups in total. The minimum atomic E-state index is -1.07. The molecule has 0 saturated heterocycles. The Labute approximate surface area is 99.4 Å². The number of aliphatic hydroxyl groups is 1. The molecule has 0 aliphatic rings. The topological polar surface area (TPSA) is 113 Å². The number of nitrogens with one attached hydrogen (secondary N) is 1. The van der Waals surface area contributed by atoms with Gasteiger partial charge in [0.25, 0.3) is 0 Å². The molecule has 0 aliphatic heterocycles. The van der Waals surface area contributed by atoms with Crippen molar-refractivity contribution >= 4 is 19.1 Å². The first kappa shape index (κ1) is 15.7. The van der Waals surface area contributed by atoms with E-state index in [4.69, 9.17) is 14.9 Å². The first-order valence-electron chi connectivity index (χ1n) is 5.17. The average molecular weight is 245 g/mol. The molecular formula is C9H16BNO6. The van der Waals surface area contributed by atoms with E-state index < -0.39 is 23.9 Å². The zero-order chi connectivity index (χ0) is 13.3. The van der Waals surface area contributed by atoms with E-state index in [1.165, 1.54) is 6.92 Å². The van der Waals surface area contributed by atoms with Gasteiger partial charge in [0.05, 0.1) is 0 Å². The van der Waals surface area contributed by atoms with Gasteiger partial charge in [-0.05, 0) is 0 Å². The van der Waals surface area contributed by atoms with Crippen molar-refractivity contribution in [2.75, 3.05) is 19.7 Å². The molecule has 0 radical (unpaired) electrons. The maximum absolute atomic E-state index is 11.2. The van der Waals surface area contributed by atoms with Crippen LogP contribution in [0.2, 0.25) is 0 Å². The molecule has 0 heterocycles. The van der Waals surface area contributed by atoms with Crippen LogP contribution in [0.25, 0.3) is 0 Å². The van der Waals surface area contributed by atoms with Crippen molar-refractivity contribution in [2.24, 2.45) is 5.92 Å². The summed E-state index contributed by atoms with van der Waals surface area (Å²) >= 11 is 0. The zero-order valence-corrected chi connectivity index (χ0v) is 9.59. The van der Waals surface area contributed by atoms with E-state index in [0.29, 0.717) is 7.15 Å². The summed E-state index contributed by atoms with van der Waals surface area (Å²) in [5, 5.41) is 20.1. The van der Waals surface area contributed by atoms with Gasteiger partial charge in [0.2, 0.25) is 0 Å². The Balaban J connectivity index is 3.87. The molecule has 96 valence electrons. The summed E-state index contributed by atoms with van der Waals surface area (Å²) in [6.45, 7) is 1.02. The van der Waals surface area contributed by atoms with Crippen LogP contribution >= 0.6 is 0 Å². The van der Waals surface area contributed by atoms with E-state index in [-0.39, 0.29) is 26.1 Å². The van der Waals surface area contributed by atoms with Gasteiger partial charge in [0.1, 0.15) is 0 Å². The number of rotatable bonds is 9. The van der Waals surface area contributed by atoms with Crippen LogP contribution in [0, 0.1) is 5.92 Å². The second-order valence-electron chi connectivity index (χ2n) is 3.58. The van der Waals surface area contributed by atoms with Gasteiger partial charge < -0.3 is 0 Å². The van der Waals surface area contributed by atoms with Crippen LogP contribution < -0.4 is 5.32 Å². The molecular weight excluding hydrogens is 229 g/mol. The van der Waals surface area contributed by atoms with Crippen LogP contribution in [0.3, 0.4) is 0 Å². The molecule has 0 aromatic carbocycles. The van der Waals surface area contributed by atoms with E-state index in [1.807, 2.05) is 0 Å². The van der Waals surface area contributed by atoms with Gasteiger partial charge in [-0.15, -0.1) is 0 Å². The Kier molecular flexibility index (Phi) is 8.17. The van der Waals surface area contributed by atoms with E-state index >= 15 is 0 Å². The van der Waals surface area contributed by atoms with Crippen LogP contribution in [0.1, 0.15) is 13.3 Å². The summed E-state index contributed by atoms with van der Waals surface area (Å²) < 4.78 is 14.8. The van der Waals surface area contributed by atoms with E-state index in [2.05, 4.69) is 5.32 Å². The Hall–Kier alpha value is -1.28. The summed E-state index contributed by atoms with van der Waals surface area (Å²) in [7, 11) is 0.622. The van der Waals surface area contributed by atoms with Crippen molar-refractivity contribution in [3.63, 3.8) is 0 Å². The average Bonchev–Trinajstić information content (AvgIpc) is 2.29. The first-order chi connectivity index (χ1) is 8.01. The van der Waals surface area contributed by atoms with E-state index in [1.54, 1.807) is 0 Å².